The highest BCUT2D eigenvalue weighted by atomic mass is 32.2. The molecule has 1 aliphatic rings. The number of carbonyl (C=O) groups excluding carboxylic acids is 1. The highest BCUT2D eigenvalue weighted by molar-refractivity contribution is 7.89. The van der Waals surface area contributed by atoms with E-state index in [0.717, 1.165) is 18.9 Å². The number of carbonyl (C=O) groups is 1. The third-order valence-corrected chi connectivity index (χ3v) is 5.10. The van der Waals surface area contributed by atoms with E-state index in [1.807, 2.05) is 0 Å². The standard InChI is InChI=1S/C14H20FN3O3S/c1-9-6-12(4-5-13(9)15)22(20,21)17-8-14(19)18-11-3-2-10(16)7-11/h4-6,10-11,17H,2-3,7-8,16H2,1H3,(H,18,19)/t10-,11-/m1/s1. The zero-order valence-electron chi connectivity index (χ0n) is 12.3. The lowest BCUT2D eigenvalue weighted by Gasteiger charge is -2.13. The van der Waals surface area contributed by atoms with E-state index in [1.54, 1.807) is 0 Å². The van der Waals surface area contributed by atoms with Crippen LogP contribution in [0.25, 0.3) is 0 Å². The van der Waals surface area contributed by atoms with Crippen LogP contribution in [0, 0.1) is 12.7 Å². The van der Waals surface area contributed by atoms with Crippen molar-refractivity contribution >= 4 is 15.9 Å². The number of rotatable bonds is 5. The minimum Gasteiger partial charge on any atom is -0.352 e. The van der Waals surface area contributed by atoms with Gasteiger partial charge < -0.3 is 11.1 Å². The Bertz CT molecular complexity index is 663. The highest BCUT2D eigenvalue weighted by Gasteiger charge is 2.24. The molecular weight excluding hydrogens is 309 g/mol. The fraction of sp³-hybridized carbons (Fsp3) is 0.500. The Morgan fingerprint density at radius 2 is 2.14 bits per heavy atom. The average molecular weight is 329 g/mol. The molecule has 0 saturated heterocycles. The second kappa shape index (κ2) is 6.72. The van der Waals surface area contributed by atoms with Crippen LogP contribution in [0.15, 0.2) is 23.1 Å². The molecule has 0 aromatic heterocycles. The SMILES string of the molecule is Cc1cc(S(=O)(=O)NCC(=O)N[C@@H]2CC[C@@H](N)C2)ccc1F. The summed E-state index contributed by atoms with van der Waals surface area (Å²) in [4.78, 5) is 11.7. The lowest BCUT2D eigenvalue weighted by atomic mass is 10.2. The molecule has 6 nitrogen and oxygen atoms in total. The van der Waals surface area contributed by atoms with Crippen LogP contribution in [0.3, 0.4) is 0 Å². The lowest BCUT2D eigenvalue weighted by Crippen LogP contribution is -2.41. The number of hydrogen-bond donors (Lipinski definition) is 3. The molecule has 0 bridgehead atoms. The van der Waals surface area contributed by atoms with E-state index >= 15 is 0 Å². The molecule has 8 heteroatoms. The fourth-order valence-corrected chi connectivity index (χ4v) is 3.52. The second-order valence-corrected chi connectivity index (χ2v) is 7.34. The molecule has 22 heavy (non-hydrogen) atoms. The topological polar surface area (TPSA) is 101 Å². The van der Waals surface area contributed by atoms with Gasteiger partial charge in [0, 0.05) is 12.1 Å². The van der Waals surface area contributed by atoms with Crippen LogP contribution >= 0.6 is 0 Å². The van der Waals surface area contributed by atoms with Gasteiger partial charge in [-0.1, -0.05) is 0 Å². The van der Waals surface area contributed by atoms with Crippen molar-refractivity contribution in [1.82, 2.24) is 10.0 Å². The van der Waals surface area contributed by atoms with Crippen molar-refractivity contribution in [2.45, 2.75) is 43.2 Å². The molecule has 1 aromatic rings. The van der Waals surface area contributed by atoms with Crippen molar-refractivity contribution in [3.05, 3.63) is 29.6 Å². The van der Waals surface area contributed by atoms with Crippen molar-refractivity contribution in [3.8, 4) is 0 Å². The van der Waals surface area contributed by atoms with Crippen LogP contribution in [-0.2, 0) is 14.8 Å². The van der Waals surface area contributed by atoms with Gasteiger partial charge in [-0.15, -0.1) is 0 Å². The predicted molar refractivity (Wildman–Crippen MR) is 80.1 cm³/mol. The summed E-state index contributed by atoms with van der Waals surface area (Å²) in [5.41, 5.74) is 5.98. The van der Waals surface area contributed by atoms with Crippen LogP contribution in [0.2, 0.25) is 0 Å². The normalized spacial score (nSPS) is 21.8. The Labute approximate surface area is 129 Å². The zero-order valence-corrected chi connectivity index (χ0v) is 13.1. The van der Waals surface area contributed by atoms with Crippen molar-refractivity contribution in [2.24, 2.45) is 5.73 Å². The zero-order chi connectivity index (χ0) is 16.3. The molecule has 122 valence electrons. The summed E-state index contributed by atoms with van der Waals surface area (Å²) >= 11 is 0. The third kappa shape index (κ3) is 4.25. The van der Waals surface area contributed by atoms with Crippen LogP contribution in [0.1, 0.15) is 24.8 Å². The van der Waals surface area contributed by atoms with E-state index < -0.39 is 21.7 Å². The van der Waals surface area contributed by atoms with Gasteiger partial charge in [0.1, 0.15) is 5.82 Å². The van der Waals surface area contributed by atoms with Gasteiger partial charge in [-0.2, -0.15) is 0 Å². The van der Waals surface area contributed by atoms with Crippen molar-refractivity contribution in [1.29, 1.82) is 0 Å². The number of benzene rings is 1. The van der Waals surface area contributed by atoms with Crippen LogP contribution in [0.5, 0.6) is 0 Å². The first kappa shape index (κ1) is 16.9. The molecule has 0 aliphatic heterocycles. The molecule has 0 heterocycles. The summed E-state index contributed by atoms with van der Waals surface area (Å²) in [6, 6.07) is 3.57. The smallest absolute Gasteiger partial charge is 0.241 e. The summed E-state index contributed by atoms with van der Waals surface area (Å²) in [6.07, 6.45) is 2.36. The van der Waals surface area contributed by atoms with E-state index in [0.29, 0.717) is 6.42 Å². The monoisotopic (exact) mass is 329 g/mol. The van der Waals surface area contributed by atoms with Gasteiger partial charge in [-0.25, -0.2) is 17.5 Å². The molecule has 1 fully saturated rings. The molecule has 0 unspecified atom stereocenters. The Hall–Kier alpha value is -1.51. The Morgan fingerprint density at radius 1 is 1.41 bits per heavy atom. The Balaban J connectivity index is 1.91. The summed E-state index contributed by atoms with van der Waals surface area (Å²) < 4.78 is 39.5. The number of halogens is 1. The molecule has 1 aliphatic carbocycles. The third-order valence-electron chi connectivity index (χ3n) is 3.70. The van der Waals surface area contributed by atoms with Gasteiger partial charge in [-0.05, 0) is 49.9 Å². The number of aryl methyl sites for hydroxylation is 1. The number of hydrogen-bond acceptors (Lipinski definition) is 4. The number of sulfonamides is 1. The molecular formula is C14H20FN3O3S. The largest absolute Gasteiger partial charge is 0.352 e. The van der Waals surface area contributed by atoms with Crippen LogP contribution < -0.4 is 15.8 Å². The molecule has 2 atom stereocenters. The van der Waals surface area contributed by atoms with E-state index in [-0.39, 0.29) is 29.1 Å². The first-order valence-corrected chi connectivity index (χ1v) is 8.57. The van der Waals surface area contributed by atoms with E-state index in [9.17, 15) is 17.6 Å². The molecule has 1 aromatic carbocycles. The van der Waals surface area contributed by atoms with Crippen molar-refractivity contribution < 1.29 is 17.6 Å². The summed E-state index contributed by atoms with van der Waals surface area (Å²) in [7, 11) is -3.84. The molecule has 1 saturated carbocycles. The second-order valence-electron chi connectivity index (χ2n) is 5.57. The minimum atomic E-state index is -3.84. The van der Waals surface area contributed by atoms with E-state index in [4.69, 9.17) is 5.73 Å². The van der Waals surface area contributed by atoms with Crippen molar-refractivity contribution in [2.75, 3.05) is 6.54 Å². The van der Waals surface area contributed by atoms with Gasteiger partial charge in [0.25, 0.3) is 0 Å². The Kier molecular flexibility index (Phi) is 5.15. The van der Waals surface area contributed by atoms with Crippen LogP contribution in [0.4, 0.5) is 4.39 Å². The molecule has 1 amide bonds. The maximum Gasteiger partial charge on any atom is 0.241 e. The number of amides is 1. The fourth-order valence-electron chi connectivity index (χ4n) is 2.45. The van der Waals surface area contributed by atoms with Crippen LogP contribution in [-0.4, -0.2) is 33.0 Å². The van der Waals surface area contributed by atoms with E-state index in [1.165, 1.54) is 19.1 Å². The molecule has 4 N–H and O–H groups in total. The lowest BCUT2D eigenvalue weighted by molar-refractivity contribution is -0.120. The highest BCUT2D eigenvalue weighted by Crippen LogP contribution is 2.17. The van der Waals surface area contributed by atoms with Gasteiger partial charge >= 0.3 is 0 Å². The number of nitrogens with one attached hydrogen (secondary N) is 2. The average Bonchev–Trinajstić information content (AvgIpc) is 2.85. The predicted octanol–water partition coefficient (Wildman–Crippen LogP) is 0.408. The molecule has 0 spiro atoms. The summed E-state index contributed by atoms with van der Waals surface area (Å²) in [5, 5.41) is 2.75. The van der Waals surface area contributed by atoms with Gasteiger partial charge in [0.2, 0.25) is 15.9 Å². The summed E-state index contributed by atoms with van der Waals surface area (Å²) in [6.45, 7) is 1.12. The maximum atomic E-state index is 13.2. The molecule has 0 radical (unpaired) electrons. The maximum absolute atomic E-state index is 13.2. The first-order valence-electron chi connectivity index (χ1n) is 7.08. The number of nitrogens with two attached hydrogens (primary N) is 1. The quantitative estimate of drug-likeness (QED) is 0.728. The minimum absolute atomic E-state index is 0.0000645. The van der Waals surface area contributed by atoms with Gasteiger partial charge in [-0.3, -0.25) is 4.79 Å². The van der Waals surface area contributed by atoms with Gasteiger partial charge in [0.05, 0.1) is 11.4 Å². The van der Waals surface area contributed by atoms with Crippen molar-refractivity contribution in [3.63, 3.8) is 0 Å². The van der Waals surface area contributed by atoms with E-state index in [2.05, 4.69) is 10.0 Å². The van der Waals surface area contributed by atoms with Gasteiger partial charge in [0.15, 0.2) is 0 Å². The first-order chi connectivity index (χ1) is 10.3. The molecule has 2 rings (SSSR count). The Morgan fingerprint density at radius 3 is 2.73 bits per heavy atom. The summed E-state index contributed by atoms with van der Waals surface area (Å²) in [5.74, 6) is -0.879.